The Labute approximate surface area is 115 Å². The van der Waals surface area contributed by atoms with Gasteiger partial charge in [0.1, 0.15) is 12.4 Å². The van der Waals surface area contributed by atoms with Crippen LogP contribution in [0.4, 0.5) is 0 Å². The molecule has 3 N–H and O–H groups in total. The number of nitrogens with two attached hydrogens (primary N) is 1. The predicted molar refractivity (Wildman–Crippen MR) is 77.3 cm³/mol. The smallest absolute Gasteiger partial charge is 0.239 e. The molecule has 19 heavy (non-hydrogen) atoms. The summed E-state index contributed by atoms with van der Waals surface area (Å²) < 4.78 is 5.55. The lowest BCUT2D eigenvalue weighted by molar-refractivity contribution is -0.125. The number of nitrogens with one attached hydrogen (secondary N) is 1. The van der Waals surface area contributed by atoms with Crippen molar-refractivity contribution in [1.82, 2.24) is 5.32 Å². The molecule has 1 rings (SSSR count). The van der Waals surface area contributed by atoms with E-state index >= 15 is 0 Å². The van der Waals surface area contributed by atoms with Crippen molar-refractivity contribution >= 4 is 5.91 Å². The Hall–Kier alpha value is -1.55. The van der Waals surface area contributed by atoms with E-state index in [0.29, 0.717) is 19.1 Å². The van der Waals surface area contributed by atoms with Gasteiger partial charge in [0, 0.05) is 0 Å². The lowest BCUT2D eigenvalue weighted by Crippen LogP contribution is -2.49. The summed E-state index contributed by atoms with van der Waals surface area (Å²) in [4.78, 5) is 11.5. The van der Waals surface area contributed by atoms with E-state index in [1.807, 2.05) is 12.1 Å². The number of hydrogen-bond donors (Lipinski definition) is 2. The minimum Gasteiger partial charge on any atom is -0.492 e. The quantitative estimate of drug-likeness (QED) is 0.773. The van der Waals surface area contributed by atoms with Crippen molar-refractivity contribution in [2.24, 2.45) is 5.73 Å². The highest BCUT2D eigenvalue weighted by molar-refractivity contribution is 5.84. The molecule has 0 saturated heterocycles. The maximum atomic E-state index is 11.5. The van der Waals surface area contributed by atoms with Gasteiger partial charge >= 0.3 is 0 Å². The number of benzene rings is 1. The maximum absolute atomic E-state index is 11.5. The zero-order chi connectivity index (χ0) is 14.5. The average Bonchev–Trinajstić information content (AvgIpc) is 2.33. The predicted octanol–water partition coefficient (Wildman–Crippen LogP) is 2.04. The SMILES string of the molecule is CC(C)c1ccc(OCCNC(=O)C(C)(C)N)cc1. The van der Waals surface area contributed by atoms with Gasteiger partial charge in [0.2, 0.25) is 5.91 Å². The van der Waals surface area contributed by atoms with E-state index in [9.17, 15) is 4.79 Å². The molecule has 0 unspecified atom stereocenters. The molecule has 0 aliphatic rings. The highest BCUT2D eigenvalue weighted by Gasteiger charge is 2.20. The van der Waals surface area contributed by atoms with Crippen LogP contribution in [-0.2, 0) is 4.79 Å². The standard InChI is InChI=1S/C15H24N2O2/c1-11(2)12-5-7-13(8-6-12)19-10-9-17-14(18)15(3,4)16/h5-8,11H,9-10,16H2,1-4H3,(H,17,18). The zero-order valence-electron chi connectivity index (χ0n) is 12.2. The molecule has 106 valence electrons. The Kier molecular flexibility index (Phi) is 5.36. The van der Waals surface area contributed by atoms with E-state index in [-0.39, 0.29) is 5.91 Å². The highest BCUT2D eigenvalue weighted by atomic mass is 16.5. The molecule has 0 aliphatic heterocycles. The fraction of sp³-hybridized carbons (Fsp3) is 0.533. The molecule has 0 atom stereocenters. The normalized spacial score (nSPS) is 11.5. The van der Waals surface area contributed by atoms with Gasteiger partial charge in [-0.15, -0.1) is 0 Å². The largest absolute Gasteiger partial charge is 0.492 e. The molecule has 0 bridgehead atoms. The first-order valence-corrected chi connectivity index (χ1v) is 6.60. The van der Waals surface area contributed by atoms with Crippen LogP contribution in [-0.4, -0.2) is 24.6 Å². The van der Waals surface area contributed by atoms with Crippen molar-refractivity contribution in [3.8, 4) is 5.75 Å². The Morgan fingerprint density at radius 2 is 1.89 bits per heavy atom. The summed E-state index contributed by atoms with van der Waals surface area (Å²) in [6.07, 6.45) is 0. The number of rotatable bonds is 6. The third kappa shape index (κ3) is 5.30. The molecule has 0 spiro atoms. The Morgan fingerprint density at radius 1 is 1.32 bits per heavy atom. The highest BCUT2D eigenvalue weighted by Crippen LogP contribution is 2.18. The van der Waals surface area contributed by atoms with Gasteiger partial charge in [-0.1, -0.05) is 26.0 Å². The van der Waals surface area contributed by atoms with Gasteiger partial charge in [0.15, 0.2) is 0 Å². The van der Waals surface area contributed by atoms with Gasteiger partial charge in [-0.25, -0.2) is 0 Å². The second kappa shape index (κ2) is 6.57. The van der Waals surface area contributed by atoms with Gasteiger partial charge < -0.3 is 15.8 Å². The third-order valence-electron chi connectivity index (χ3n) is 2.79. The number of carbonyl (C=O) groups is 1. The third-order valence-corrected chi connectivity index (χ3v) is 2.79. The van der Waals surface area contributed by atoms with Crippen LogP contribution in [0.1, 0.15) is 39.2 Å². The van der Waals surface area contributed by atoms with Gasteiger partial charge in [0.05, 0.1) is 12.1 Å². The van der Waals surface area contributed by atoms with E-state index in [4.69, 9.17) is 10.5 Å². The van der Waals surface area contributed by atoms with Crippen LogP contribution in [0.5, 0.6) is 5.75 Å². The first kappa shape index (κ1) is 15.5. The molecule has 4 nitrogen and oxygen atoms in total. The molecule has 0 aliphatic carbocycles. The monoisotopic (exact) mass is 264 g/mol. The van der Waals surface area contributed by atoms with Crippen LogP contribution >= 0.6 is 0 Å². The maximum Gasteiger partial charge on any atom is 0.239 e. The van der Waals surface area contributed by atoms with Crippen LogP contribution in [0.3, 0.4) is 0 Å². The summed E-state index contributed by atoms with van der Waals surface area (Å²) >= 11 is 0. The summed E-state index contributed by atoms with van der Waals surface area (Å²) in [6.45, 7) is 8.54. The molecular weight excluding hydrogens is 240 g/mol. The lowest BCUT2D eigenvalue weighted by Gasteiger charge is -2.17. The number of amides is 1. The first-order chi connectivity index (χ1) is 8.80. The van der Waals surface area contributed by atoms with Gasteiger partial charge in [-0.3, -0.25) is 4.79 Å². The Bertz CT molecular complexity index is 405. The molecule has 1 aromatic carbocycles. The molecule has 1 aromatic rings. The van der Waals surface area contributed by atoms with Crippen molar-refractivity contribution in [1.29, 1.82) is 0 Å². The average molecular weight is 264 g/mol. The lowest BCUT2D eigenvalue weighted by atomic mass is 10.0. The van der Waals surface area contributed by atoms with E-state index < -0.39 is 5.54 Å². The number of ether oxygens (including phenoxy) is 1. The van der Waals surface area contributed by atoms with Crippen LogP contribution in [0.15, 0.2) is 24.3 Å². The summed E-state index contributed by atoms with van der Waals surface area (Å²) in [6, 6.07) is 8.01. The van der Waals surface area contributed by atoms with E-state index in [2.05, 4.69) is 31.3 Å². The van der Waals surface area contributed by atoms with E-state index in [1.165, 1.54) is 5.56 Å². The van der Waals surface area contributed by atoms with Crippen LogP contribution in [0.25, 0.3) is 0 Å². The van der Waals surface area contributed by atoms with Crippen molar-refractivity contribution in [3.05, 3.63) is 29.8 Å². The van der Waals surface area contributed by atoms with E-state index in [0.717, 1.165) is 5.75 Å². The molecule has 0 radical (unpaired) electrons. The van der Waals surface area contributed by atoms with E-state index in [1.54, 1.807) is 13.8 Å². The first-order valence-electron chi connectivity index (χ1n) is 6.60. The molecule has 0 fully saturated rings. The second-order valence-corrected chi connectivity index (χ2v) is 5.55. The van der Waals surface area contributed by atoms with Crippen molar-refractivity contribution < 1.29 is 9.53 Å². The Balaban J connectivity index is 2.32. The minimum absolute atomic E-state index is 0.175. The summed E-state index contributed by atoms with van der Waals surface area (Å²) in [5.41, 5.74) is 6.10. The van der Waals surface area contributed by atoms with Crippen molar-refractivity contribution in [2.75, 3.05) is 13.2 Å². The van der Waals surface area contributed by atoms with Gasteiger partial charge in [0.25, 0.3) is 0 Å². The molecule has 0 aromatic heterocycles. The van der Waals surface area contributed by atoms with Gasteiger partial charge in [-0.05, 0) is 37.5 Å². The molecule has 0 heterocycles. The summed E-state index contributed by atoms with van der Waals surface area (Å²) in [7, 11) is 0. The van der Waals surface area contributed by atoms with Crippen LogP contribution in [0.2, 0.25) is 0 Å². The van der Waals surface area contributed by atoms with Crippen molar-refractivity contribution in [3.63, 3.8) is 0 Å². The fourth-order valence-corrected chi connectivity index (χ4v) is 1.51. The Morgan fingerprint density at radius 3 is 2.37 bits per heavy atom. The molecular formula is C15H24N2O2. The van der Waals surface area contributed by atoms with Gasteiger partial charge in [-0.2, -0.15) is 0 Å². The zero-order valence-corrected chi connectivity index (χ0v) is 12.2. The minimum atomic E-state index is -0.848. The molecule has 4 heteroatoms. The van der Waals surface area contributed by atoms with Crippen molar-refractivity contribution in [2.45, 2.75) is 39.2 Å². The summed E-state index contributed by atoms with van der Waals surface area (Å²) in [5.74, 6) is 1.15. The number of hydrogen-bond acceptors (Lipinski definition) is 3. The van der Waals surface area contributed by atoms with Crippen LogP contribution in [0, 0.1) is 0 Å². The second-order valence-electron chi connectivity index (χ2n) is 5.55. The number of carbonyl (C=O) groups excluding carboxylic acids is 1. The summed E-state index contributed by atoms with van der Waals surface area (Å²) in [5, 5.41) is 2.73. The topological polar surface area (TPSA) is 64.3 Å². The molecule has 0 saturated carbocycles. The fourth-order valence-electron chi connectivity index (χ4n) is 1.51. The molecule has 1 amide bonds. The van der Waals surface area contributed by atoms with Crippen LogP contribution < -0.4 is 15.8 Å².